The van der Waals surface area contributed by atoms with Crippen molar-refractivity contribution >= 4 is 24.0 Å². The molecule has 6 nitrogen and oxygen atoms in total. The zero-order valence-corrected chi connectivity index (χ0v) is 13.9. The molecule has 0 aliphatic heterocycles. The molecule has 0 fully saturated rings. The van der Waals surface area contributed by atoms with E-state index in [1.54, 1.807) is 31.2 Å². The van der Waals surface area contributed by atoms with E-state index in [-0.39, 0.29) is 29.8 Å². The molecule has 0 aliphatic rings. The second-order valence-electron chi connectivity index (χ2n) is 6.03. The number of anilines is 1. The highest BCUT2D eigenvalue weighted by atomic mass is 35.5. The Kier molecular flexibility index (Phi) is 5.54. The van der Waals surface area contributed by atoms with Crippen LogP contribution in [0.25, 0.3) is 0 Å². The van der Waals surface area contributed by atoms with Crippen molar-refractivity contribution in [2.24, 2.45) is 0 Å². The number of nitrogen functional groups attached to an aromatic ring is 1. The summed E-state index contributed by atoms with van der Waals surface area (Å²) in [6.07, 6.45) is 0. The fourth-order valence-corrected chi connectivity index (χ4v) is 1.74. The highest BCUT2D eigenvalue weighted by Gasteiger charge is 2.24. The number of hydrogen-bond acceptors (Lipinski definition) is 5. The minimum absolute atomic E-state index is 0. The second-order valence-corrected chi connectivity index (χ2v) is 6.03. The van der Waals surface area contributed by atoms with Gasteiger partial charge in [-0.2, -0.15) is 4.98 Å². The lowest BCUT2D eigenvalue weighted by atomic mass is 9.96. The SMILES string of the molecule is CC(NC(=O)c1cccc(N)c1)c1nc(C(C)(C)C)no1.Cl. The smallest absolute Gasteiger partial charge is 0.251 e. The van der Waals surface area contributed by atoms with Gasteiger partial charge >= 0.3 is 0 Å². The normalized spacial score (nSPS) is 12.4. The molecular weight excluding hydrogens is 304 g/mol. The Hall–Kier alpha value is -2.08. The number of rotatable bonds is 3. The predicted molar refractivity (Wildman–Crippen MR) is 87.0 cm³/mol. The molecule has 0 spiro atoms. The van der Waals surface area contributed by atoms with Gasteiger partial charge in [-0.3, -0.25) is 4.79 Å². The van der Waals surface area contributed by atoms with Crippen molar-refractivity contribution in [3.63, 3.8) is 0 Å². The number of nitrogens with one attached hydrogen (secondary N) is 1. The van der Waals surface area contributed by atoms with E-state index < -0.39 is 0 Å². The lowest BCUT2D eigenvalue weighted by Crippen LogP contribution is -2.27. The van der Waals surface area contributed by atoms with Gasteiger partial charge in [0.2, 0.25) is 5.89 Å². The van der Waals surface area contributed by atoms with Crippen molar-refractivity contribution in [1.29, 1.82) is 0 Å². The van der Waals surface area contributed by atoms with E-state index in [1.165, 1.54) is 0 Å². The van der Waals surface area contributed by atoms with E-state index >= 15 is 0 Å². The van der Waals surface area contributed by atoms with Gasteiger partial charge in [-0.25, -0.2) is 0 Å². The minimum atomic E-state index is -0.373. The molecule has 1 atom stereocenters. The molecule has 1 heterocycles. The first-order chi connectivity index (χ1) is 9.77. The fourth-order valence-electron chi connectivity index (χ4n) is 1.74. The van der Waals surface area contributed by atoms with Crippen LogP contribution >= 0.6 is 12.4 Å². The van der Waals surface area contributed by atoms with E-state index in [0.717, 1.165) is 0 Å². The monoisotopic (exact) mass is 324 g/mol. The Labute approximate surface area is 135 Å². The molecule has 2 aromatic rings. The maximum atomic E-state index is 12.1. The van der Waals surface area contributed by atoms with E-state index in [9.17, 15) is 4.79 Å². The summed E-state index contributed by atoms with van der Waals surface area (Å²) < 4.78 is 5.21. The van der Waals surface area contributed by atoms with Crippen LogP contribution in [0.2, 0.25) is 0 Å². The van der Waals surface area contributed by atoms with Crippen molar-refractivity contribution in [3.05, 3.63) is 41.5 Å². The van der Waals surface area contributed by atoms with Crippen molar-refractivity contribution < 1.29 is 9.32 Å². The summed E-state index contributed by atoms with van der Waals surface area (Å²) in [6.45, 7) is 7.79. The van der Waals surface area contributed by atoms with Crippen molar-refractivity contribution in [1.82, 2.24) is 15.5 Å². The number of benzene rings is 1. The largest absolute Gasteiger partial charge is 0.399 e. The second kappa shape index (κ2) is 6.79. The third-order valence-electron chi connectivity index (χ3n) is 2.98. The summed E-state index contributed by atoms with van der Waals surface area (Å²) in [5.41, 5.74) is 6.52. The molecule has 1 unspecified atom stereocenters. The van der Waals surface area contributed by atoms with Crippen LogP contribution in [0.4, 0.5) is 5.69 Å². The van der Waals surface area contributed by atoms with Crippen LogP contribution in [0.15, 0.2) is 28.8 Å². The van der Waals surface area contributed by atoms with Gasteiger partial charge in [-0.05, 0) is 25.1 Å². The number of aromatic nitrogens is 2. The van der Waals surface area contributed by atoms with Crippen LogP contribution in [0, 0.1) is 0 Å². The first kappa shape index (κ1) is 18.0. The molecular formula is C15H21ClN4O2. The van der Waals surface area contributed by atoms with E-state index in [2.05, 4.69) is 15.5 Å². The molecule has 1 aromatic carbocycles. The van der Waals surface area contributed by atoms with Crippen LogP contribution < -0.4 is 11.1 Å². The quantitative estimate of drug-likeness (QED) is 0.847. The van der Waals surface area contributed by atoms with Crippen molar-refractivity contribution in [2.75, 3.05) is 5.73 Å². The van der Waals surface area contributed by atoms with Crippen LogP contribution in [-0.4, -0.2) is 16.0 Å². The number of carbonyl (C=O) groups is 1. The highest BCUT2D eigenvalue weighted by molar-refractivity contribution is 5.95. The molecule has 0 aliphatic carbocycles. The summed E-state index contributed by atoms with van der Waals surface area (Å²) in [7, 11) is 0. The predicted octanol–water partition coefficient (Wildman–Crippen LogP) is 2.86. The molecule has 1 aromatic heterocycles. The third-order valence-corrected chi connectivity index (χ3v) is 2.98. The Balaban J connectivity index is 0.00000242. The van der Waals surface area contributed by atoms with Gasteiger partial charge in [-0.15, -0.1) is 12.4 Å². The Morgan fingerprint density at radius 1 is 1.36 bits per heavy atom. The van der Waals surface area contributed by atoms with Gasteiger partial charge in [0.25, 0.3) is 5.91 Å². The molecule has 0 radical (unpaired) electrons. The van der Waals surface area contributed by atoms with Gasteiger partial charge in [0.05, 0.1) is 0 Å². The molecule has 1 amide bonds. The summed E-state index contributed by atoms with van der Waals surface area (Å²) in [4.78, 5) is 16.5. The van der Waals surface area contributed by atoms with Gasteiger partial charge in [-0.1, -0.05) is 32.0 Å². The zero-order valence-electron chi connectivity index (χ0n) is 13.1. The number of nitrogens with two attached hydrogens (primary N) is 1. The van der Waals surface area contributed by atoms with Crippen LogP contribution in [0.3, 0.4) is 0 Å². The zero-order chi connectivity index (χ0) is 15.6. The molecule has 2 rings (SSSR count). The topological polar surface area (TPSA) is 94.0 Å². The lowest BCUT2D eigenvalue weighted by Gasteiger charge is -2.12. The summed E-state index contributed by atoms with van der Waals surface area (Å²) in [5, 5.41) is 6.76. The lowest BCUT2D eigenvalue weighted by molar-refractivity contribution is 0.0932. The molecule has 7 heteroatoms. The van der Waals surface area contributed by atoms with Crippen LogP contribution in [-0.2, 0) is 5.41 Å². The van der Waals surface area contributed by atoms with E-state index in [0.29, 0.717) is 23.0 Å². The first-order valence-electron chi connectivity index (χ1n) is 6.78. The molecule has 22 heavy (non-hydrogen) atoms. The molecule has 120 valence electrons. The number of carbonyl (C=O) groups excluding carboxylic acids is 1. The van der Waals surface area contributed by atoms with Gasteiger partial charge in [0.15, 0.2) is 5.82 Å². The van der Waals surface area contributed by atoms with Gasteiger partial charge < -0.3 is 15.6 Å². The van der Waals surface area contributed by atoms with Gasteiger partial charge in [0.1, 0.15) is 6.04 Å². The maximum absolute atomic E-state index is 12.1. The van der Waals surface area contributed by atoms with Crippen LogP contribution in [0.5, 0.6) is 0 Å². The summed E-state index contributed by atoms with van der Waals surface area (Å²) >= 11 is 0. The average Bonchev–Trinajstić information content (AvgIpc) is 2.88. The first-order valence-corrected chi connectivity index (χ1v) is 6.78. The van der Waals surface area contributed by atoms with Crippen molar-refractivity contribution in [3.8, 4) is 0 Å². The number of nitrogens with zero attached hydrogens (tertiary/aromatic N) is 2. The maximum Gasteiger partial charge on any atom is 0.251 e. The Bertz CT molecular complexity index is 649. The number of halogens is 1. The minimum Gasteiger partial charge on any atom is -0.399 e. The van der Waals surface area contributed by atoms with Crippen LogP contribution in [0.1, 0.15) is 55.8 Å². The number of hydrogen-bond donors (Lipinski definition) is 2. The van der Waals surface area contributed by atoms with E-state index in [1.807, 2.05) is 20.8 Å². The standard InChI is InChI=1S/C15H20N4O2.ClH/c1-9(13-18-14(19-21-13)15(2,3)4)17-12(20)10-6-5-7-11(16)8-10;/h5-9H,16H2,1-4H3,(H,17,20);1H. The van der Waals surface area contributed by atoms with Crippen molar-refractivity contribution in [2.45, 2.75) is 39.2 Å². The number of amides is 1. The fraction of sp³-hybridized carbons (Fsp3) is 0.400. The van der Waals surface area contributed by atoms with Gasteiger partial charge in [0, 0.05) is 16.7 Å². The summed E-state index contributed by atoms with van der Waals surface area (Å²) in [5.74, 6) is 0.769. The molecule has 3 N–H and O–H groups in total. The molecule has 0 bridgehead atoms. The molecule has 0 saturated carbocycles. The third kappa shape index (κ3) is 4.21. The molecule has 0 saturated heterocycles. The summed E-state index contributed by atoms with van der Waals surface area (Å²) in [6, 6.07) is 6.42. The highest BCUT2D eigenvalue weighted by Crippen LogP contribution is 2.21. The Morgan fingerprint density at radius 3 is 2.59 bits per heavy atom. The Morgan fingerprint density at radius 2 is 2.05 bits per heavy atom. The van der Waals surface area contributed by atoms with E-state index in [4.69, 9.17) is 10.3 Å². The average molecular weight is 325 g/mol.